The first-order valence-corrected chi connectivity index (χ1v) is 6.14. The van der Waals surface area contributed by atoms with Gasteiger partial charge in [-0.3, -0.25) is 0 Å². The van der Waals surface area contributed by atoms with E-state index in [1.165, 1.54) is 12.1 Å². The van der Waals surface area contributed by atoms with Gasteiger partial charge in [0.05, 0.1) is 23.2 Å². The second-order valence-electron chi connectivity index (χ2n) is 4.52. The van der Waals surface area contributed by atoms with Gasteiger partial charge in [-0.1, -0.05) is 12.1 Å². The van der Waals surface area contributed by atoms with Gasteiger partial charge in [-0.05, 0) is 44.2 Å². The Hall–Kier alpha value is -2.23. The monoisotopic (exact) mass is 260 g/mol. The average molecular weight is 260 g/mol. The first-order chi connectivity index (χ1) is 9.06. The Balaban J connectivity index is 2.27. The van der Waals surface area contributed by atoms with Crippen molar-refractivity contribution in [2.45, 2.75) is 20.0 Å². The molecule has 0 heterocycles. The van der Waals surface area contributed by atoms with Crippen molar-refractivity contribution in [2.75, 3.05) is 11.1 Å². The van der Waals surface area contributed by atoms with Crippen molar-refractivity contribution in [3.63, 3.8) is 0 Å². The molecule has 3 nitrogen and oxygen atoms in total. The topological polar surface area (TPSA) is 47.3 Å². The SMILES string of the molecule is CC(C)Oc1ccccc1Nc1ccc(F)cc1N. The zero-order valence-corrected chi connectivity index (χ0v) is 11.0. The van der Waals surface area contributed by atoms with Crippen LogP contribution in [0.25, 0.3) is 0 Å². The Labute approximate surface area is 112 Å². The highest BCUT2D eigenvalue weighted by Gasteiger charge is 2.07. The lowest BCUT2D eigenvalue weighted by Gasteiger charge is -2.16. The van der Waals surface area contributed by atoms with Crippen LogP contribution in [0.15, 0.2) is 42.5 Å². The predicted octanol–water partition coefficient (Wildman–Crippen LogP) is 3.94. The Morgan fingerprint density at radius 2 is 1.84 bits per heavy atom. The summed E-state index contributed by atoms with van der Waals surface area (Å²) in [6.07, 6.45) is 0.0773. The second-order valence-corrected chi connectivity index (χ2v) is 4.52. The predicted molar refractivity (Wildman–Crippen MR) is 76.3 cm³/mol. The van der Waals surface area contributed by atoms with Gasteiger partial charge in [-0.15, -0.1) is 0 Å². The van der Waals surface area contributed by atoms with Crippen molar-refractivity contribution >= 4 is 17.1 Å². The first-order valence-electron chi connectivity index (χ1n) is 6.14. The van der Waals surface area contributed by atoms with E-state index in [0.717, 1.165) is 11.4 Å². The van der Waals surface area contributed by atoms with Crippen LogP contribution in [0.5, 0.6) is 5.75 Å². The average Bonchev–Trinajstić information content (AvgIpc) is 2.34. The minimum Gasteiger partial charge on any atom is -0.489 e. The molecule has 0 atom stereocenters. The molecule has 2 rings (SSSR count). The van der Waals surface area contributed by atoms with E-state index in [4.69, 9.17) is 10.5 Å². The van der Waals surface area contributed by atoms with Crippen LogP contribution in [0.2, 0.25) is 0 Å². The number of para-hydroxylation sites is 2. The molecule has 0 spiro atoms. The number of hydrogen-bond acceptors (Lipinski definition) is 3. The number of halogens is 1. The zero-order valence-electron chi connectivity index (χ0n) is 11.0. The molecule has 0 radical (unpaired) electrons. The van der Waals surface area contributed by atoms with Crippen LogP contribution in [-0.2, 0) is 0 Å². The maximum absolute atomic E-state index is 13.0. The normalized spacial score (nSPS) is 10.5. The number of rotatable bonds is 4. The first kappa shape index (κ1) is 13.2. The van der Waals surface area contributed by atoms with Crippen LogP contribution in [0.3, 0.4) is 0 Å². The van der Waals surface area contributed by atoms with Crippen molar-refractivity contribution in [2.24, 2.45) is 0 Å². The highest BCUT2D eigenvalue weighted by atomic mass is 19.1. The van der Waals surface area contributed by atoms with Gasteiger partial charge in [0.15, 0.2) is 0 Å². The summed E-state index contributed by atoms with van der Waals surface area (Å²) in [4.78, 5) is 0. The Bertz CT molecular complexity index is 570. The standard InChI is InChI=1S/C15H17FN2O/c1-10(2)19-15-6-4-3-5-14(15)18-13-8-7-11(16)9-12(13)17/h3-10,18H,17H2,1-2H3. The summed E-state index contributed by atoms with van der Waals surface area (Å²) in [5, 5.41) is 3.16. The van der Waals surface area contributed by atoms with E-state index in [9.17, 15) is 4.39 Å². The van der Waals surface area contributed by atoms with Crippen LogP contribution < -0.4 is 15.8 Å². The van der Waals surface area contributed by atoms with Gasteiger partial charge < -0.3 is 15.8 Å². The molecule has 4 heteroatoms. The number of benzene rings is 2. The molecule has 0 aliphatic rings. The molecule has 19 heavy (non-hydrogen) atoms. The minimum atomic E-state index is -0.352. The van der Waals surface area contributed by atoms with Gasteiger partial charge in [-0.2, -0.15) is 0 Å². The van der Waals surface area contributed by atoms with Gasteiger partial charge in [0.25, 0.3) is 0 Å². The Kier molecular flexibility index (Phi) is 3.90. The smallest absolute Gasteiger partial charge is 0.143 e. The van der Waals surface area contributed by atoms with E-state index < -0.39 is 0 Å². The number of nitrogens with two attached hydrogens (primary N) is 1. The third-order valence-corrected chi connectivity index (χ3v) is 2.53. The van der Waals surface area contributed by atoms with Crippen molar-refractivity contribution in [3.8, 4) is 5.75 Å². The molecule has 0 aliphatic carbocycles. The highest BCUT2D eigenvalue weighted by Crippen LogP contribution is 2.30. The van der Waals surface area contributed by atoms with Crippen LogP contribution in [0.1, 0.15) is 13.8 Å². The number of nitrogen functional groups attached to an aromatic ring is 1. The van der Waals surface area contributed by atoms with Crippen LogP contribution in [0.4, 0.5) is 21.5 Å². The molecular weight excluding hydrogens is 243 g/mol. The number of ether oxygens (including phenoxy) is 1. The molecule has 0 saturated carbocycles. The molecule has 0 aliphatic heterocycles. The quantitative estimate of drug-likeness (QED) is 0.818. The molecule has 0 aromatic heterocycles. The summed E-state index contributed by atoms with van der Waals surface area (Å²) in [7, 11) is 0. The summed E-state index contributed by atoms with van der Waals surface area (Å²) in [5.74, 6) is 0.385. The van der Waals surface area contributed by atoms with Crippen molar-refractivity contribution in [1.82, 2.24) is 0 Å². The summed E-state index contributed by atoms with van der Waals surface area (Å²) in [5.41, 5.74) is 7.59. The lowest BCUT2D eigenvalue weighted by atomic mass is 10.2. The lowest BCUT2D eigenvalue weighted by Crippen LogP contribution is -2.07. The molecule has 0 bridgehead atoms. The van der Waals surface area contributed by atoms with Crippen LogP contribution in [-0.4, -0.2) is 6.10 Å². The zero-order chi connectivity index (χ0) is 13.8. The number of anilines is 3. The third kappa shape index (κ3) is 3.37. The maximum Gasteiger partial charge on any atom is 0.143 e. The number of nitrogens with one attached hydrogen (secondary N) is 1. The van der Waals surface area contributed by atoms with Crippen LogP contribution >= 0.6 is 0 Å². The lowest BCUT2D eigenvalue weighted by molar-refractivity contribution is 0.244. The maximum atomic E-state index is 13.0. The van der Waals surface area contributed by atoms with Crippen molar-refractivity contribution < 1.29 is 9.13 Å². The number of hydrogen-bond donors (Lipinski definition) is 2. The van der Waals surface area contributed by atoms with E-state index in [2.05, 4.69) is 5.32 Å². The molecule has 2 aromatic rings. The van der Waals surface area contributed by atoms with E-state index in [1.807, 2.05) is 38.1 Å². The second kappa shape index (κ2) is 5.61. The summed E-state index contributed by atoms with van der Waals surface area (Å²) in [6.45, 7) is 3.92. The fourth-order valence-electron chi connectivity index (χ4n) is 1.72. The van der Waals surface area contributed by atoms with Crippen molar-refractivity contribution in [1.29, 1.82) is 0 Å². The van der Waals surface area contributed by atoms with Gasteiger partial charge in [0, 0.05) is 0 Å². The summed E-state index contributed by atoms with van der Waals surface area (Å²) in [6, 6.07) is 11.8. The van der Waals surface area contributed by atoms with Crippen molar-refractivity contribution in [3.05, 3.63) is 48.3 Å². The summed E-state index contributed by atoms with van der Waals surface area (Å²) < 4.78 is 18.7. The molecule has 0 saturated heterocycles. The van der Waals surface area contributed by atoms with Gasteiger partial charge in [-0.25, -0.2) is 4.39 Å². The molecule has 0 fully saturated rings. The van der Waals surface area contributed by atoms with E-state index in [-0.39, 0.29) is 11.9 Å². The molecule has 0 amide bonds. The van der Waals surface area contributed by atoms with E-state index in [1.54, 1.807) is 6.07 Å². The molecular formula is C15H17FN2O. The van der Waals surface area contributed by atoms with Crippen LogP contribution in [0, 0.1) is 5.82 Å². The third-order valence-electron chi connectivity index (χ3n) is 2.53. The van der Waals surface area contributed by atoms with Gasteiger partial charge in [0.1, 0.15) is 11.6 Å². The molecule has 0 unspecified atom stereocenters. The van der Waals surface area contributed by atoms with E-state index >= 15 is 0 Å². The molecule has 3 N–H and O–H groups in total. The van der Waals surface area contributed by atoms with E-state index in [0.29, 0.717) is 11.4 Å². The van der Waals surface area contributed by atoms with Gasteiger partial charge in [0.2, 0.25) is 0 Å². The molecule has 100 valence electrons. The fraction of sp³-hybridized carbons (Fsp3) is 0.200. The largest absolute Gasteiger partial charge is 0.489 e. The van der Waals surface area contributed by atoms with Gasteiger partial charge >= 0.3 is 0 Å². The fourth-order valence-corrected chi connectivity index (χ4v) is 1.72. The molecule has 2 aromatic carbocycles. The highest BCUT2D eigenvalue weighted by molar-refractivity contribution is 5.75. The minimum absolute atomic E-state index is 0.0773. The Morgan fingerprint density at radius 3 is 2.53 bits per heavy atom. The summed E-state index contributed by atoms with van der Waals surface area (Å²) >= 11 is 0. The Morgan fingerprint density at radius 1 is 1.11 bits per heavy atom.